The third-order valence-electron chi connectivity index (χ3n) is 5.37. The van der Waals surface area contributed by atoms with Crippen LogP contribution >= 0.6 is 24.0 Å². The van der Waals surface area contributed by atoms with E-state index in [1.807, 2.05) is 6.07 Å². The first-order valence-electron chi connectivity index (χ1n) is 9.41. The van der Waals surface area contributed by atoms with Crippen LogP contribution in [0.15, 0.2) is 42.5 Å². The highest BCUT2D eigenvalue weighted by atomic mass is 35.5. The molecule has 0 saturated carbocycles. The molecule has 0 radical (unpaired) electrons. The number of alkyl halides is 6. The van der Waals surface area contributed by atoms with Crippen LogP contribution in [0.4, 0.5) is 26.3 Å². The molecule has 1 aliphatic heterocycles. The number of amides is 1. The van der Waals surface area contributed by atoms with Crippen LogP contribution in [0.3, 0.4) is 0 Å². The average Bonchev–Trinajstić information content (AvgIpc) is 2.71. The minimum atomic E-state index is -5.02. The van der Waals surface area contributed by atoms with Gasteiger partial charge in [-0.1, -0.05) is 23.7 Å². The molecule has 1 saturated heterocycles. The first-order valence-corrected chi connectivity index (χ1v) is 9.78. The number of likely N-dealkylation sites (N-methyl/N-ethyl adjacent to an activating group) is 1. The lowest BCUT2D eigenvalue weighted by Gasteiger charge is -2.39. The van der Waals surface area contributed by atoms with Gasteiger partial charge in [0.25, 0.3) is 5.91 Å². The Morgan fingerprint density at radius 3 is 2.16 bits per heavy atom. The van der Waals surface area contributed by atoms with Gasteiger partial charge in [0.2, 0.25) is 0 Å². The number of benzene rings is 2. The highest BCUT2D eigenvalue weighted by molar-refractivity contribution is 6.30. The van der Waals surface area contributed by atoms with Crippen molar-refractivity contribution in [2.24, 2.45) is 0 Å². The Labute approximate surface area is 192 Å². The zero-order valence-corrected chi connectivity index (χ0v) is 18.3. The molecule has 2 aromatic rings. The van der Waals surface area contributed by atoms with Gasteiger partial charge in [-0.3, -0.25) is 4.79 Å². The molecule has 0 aromatic heterocycles. The summed E-state index contributed by atoms with van der Waals surface area (Å²) in [5.41, 5.74) is -2.87. The van der Waals surface area contributed by atoms with E-state index >= 15 is 0 Å². The minimum Gasteiger partial charge on any atom is -0.338 e. The molecular formula is C21H20Cl2F6N2O. The Balaban J connectivity index is 0.00000363. The van der Waals surface area contributed by atoms with Gasteiger partial charge in [0.1, 0.15) is 0 Å². The van der Waals surface area contributed by atoms with Gasteiger partial charge in [-0.25, -0.2) is 0 Å². The van der Waals surface area contributed by atoms with Crippen molar-refractivity contribution in [3.8, 4) is 0 Å². The first-order chi connectivity index (χ1) is 14.4. The minimum absolute atomic E-state index is 0. The van der Waals surface area contributed by atoms with Crippen LogP contribution in [0.25, 0.3) is 0 Å². The molecule has 0 aliphatic carbocycles. The molecule has 2 atom stereocenters. The summed E-state index contributed by atoms with van der Waals surface area (Å²) in [6.45, 7) is 1.04. The fourth-order valence-electron chi connectivity index (χ4n) is 3.82. The van der Waals surface area contributed by atoms with Gasteiger partial charge in [-0.15, -0.1) is 12.4 Å². The maximum absolute atomic E-state index is 13.2. The van der Waals surface area contributed by atoms with Crippen LogP contribution in [-0.2, 0) is 12.4 Å². The van der Waals surface area contributed by atoms with Gasteiger partial charge in [-0.05, 0) is 48.9 Å². The number of hydrogen-bond donors (Lipinski definition) is 1. The van der Waals surface area contributed by atoms with E-state index in [1.165, 1.54) is 11.9 Å². The zero-order valence-electron chi connectivity index (χ0n) is 16.7. The topological polar surface area (TPSA) is 32.3 Å². The standard InChI is InChI=1S/C21H19ClF6N2O.ClH/c1-30(18-5-6-29-11-17(18)12-3-2-4-16(22)9-12)19(31)13-7-14(20(23,24)25)10-15(8-13)21(26,27)28;/h2-4,7-10,17-18,29H,5-6,11H2,1H3;1H/t17-,18+;/m0./s1. The second kappa shape index (κ2) is 9.89. The predicted octanol–water partition coefficient (Wildman–Crippen LogP) is 6.02. The number of rotatable bonds is 3. The highest BCUT2D eigenvalue weighted by Crippen LogP contribution is 2.37. The van der Waals surface area contributed by atoms with Crippen LogP contribution in [0, 0.1) is 0 Å². The van der Waals surface area contributed by atoms with Crippen LogP contribution in [0.2, 0.25) is 5.02 Å². The van der Waals surface area contributed by atoms with Crippen LogP contribution in [0.5, 0.6) is 0 Å². The van der Waals surface area contributed by atoms with Crippen molar-refractivity contribution in [2.75, 3.05) is 20.1 Å². The lowest BCUT2D eigenvalue weighted by molar-refractivity contribution is -0.143. The van der Waals surface area contributed by atoms with Crippen LogP contribution in [0.1, 0.15) is 39.4 Å². The number of nitrogens with one attached hydrogen (secondary N) is 1. The second-order valence-corrected chi connectivity index (χ2v) is 7.87. The summed E-state index contributed by atoms with van der Waals surface area (Å²) in [6.07, 6.45) is -9.57. The van der Waals surface area contributed by atoms with Crippen molar-refractivity contribution >= 4 is 29.9 Å². The Hall–Kier alpha value is -1.97. The molecule has 1 amide bonds. The van der Waals surface area contributed by atoms with Crippen molar-refractivity contribution in [3.63, 3.8) is 0 Å². The summed E-state index contributed by atoms with van der Waals surface area (Å²) in [7, 11) is 1.39. The maximum Gasteiger partial charge on any atom is 0.416 e. The first kappa shape index (κ1) is 26.3. The van der Waals surface area contributed by atoms with Crippen LogP contribution < -0.4 is 5.32 Å². The summed E-state index contributed by atoms with van der Waals surface area (Å²) in [5, 5.41) is 3.69. The molecule has 11 heteroatoms. The summed E-state index contributed by atoms with van der Waals surface area (Å²) in [4.78, 5) is 14.2. The fraction of sp³-hybridized carbons (Fsp3) is 0.381. The smallest absolute Gasteiger partial charge is 0.338 e. The lowest BCUT2D eigenvalue weighted by atomic mass is 9.85. The number of hydrogen-bond acceptors (Lipinski definition) is 2. The van der Waals surface area contributed by atoms with Crippen molar-refractivity contribution < 1.29 is 31.1 Å². The maximum atomic E-state index is 13.2. The number of halogens is 8. The second-order valence-electron chi connectivity index (χ2n) is 7.43. The van der Waals surface area contributed by atoms with E-state index in [0.29, 0.717) is 36.7 Å². The van der Waals surface area contributed by atoms with E-state index < -0.39 is 41.0 Å². The third-order valence-corrected chi connectivity index (χ3v) is 5.61. The molecule has 1 heterocycles. The molecule has 0 unspecified atom stereocenters. The van der Waals surface area contributed by atoms with Gasteiger partial charge in [0.05, 0.1) is 11.1 Å². The quantitative estimate of drug-likeness (QED) is 0.522. The van der Waals surface area contributed by atoms with Crippen molar-refractivity contribution in [3.05, 3.63) is 69.7 Å². The highest BCUT2D eigenvalue weighted by Gasteiger charge is 2.39. The summed E-state index contributed by atoms with van der Waals surface area (Å²) in [5.74, 6) is -1.13. The Morgan fingerprint density at radius 1 is 1.03 bits per heavy atom. The predicted molar refractivity (Wildman–Crippen MR) is 111 cm³/mol. The number of nitrogens with zero attached hydrogens (tertiary/aromatic N) is 1. The van der Waals surface area contributed by atoms with E-state index in [9.17, 15) is 31.1 Å². The molecule has 1 aliphatic rings. The lowest BCUT2D eigenvalue weighted by Crippen LogP contribution is -2.49. The Morgan fingerprint density at radius 2 is 1.62 bits per heavy atom. The van der Waals surface area contributed by atoms with Gasteiger partial charge in [-0.2, -0.15) is 26.3 Å². The van der Waals surface area contributed by atoms with Gasteiger partial charge < -0.3 is 10.2 Å². The third kappa shape index (κ3) is 5.88. The molecule has 32 heavy (non-hydrogen) atoms. The van der Waals surface area contributed by atoms with Crippen molar-refractivity contribution in [1.29, 1.82) is 0 Å². The average molecular weight is 501 g/mol. The van der Waals surface area contributed by atoms with Crippen molar-refractivity contribution in [1.82, 2.24) is 10.2 Å². The number of carbonyl (C=O) groups is 1. The molecule has 2 aromatic carbocycles. The Kier molecular flexibility index (Phi) is 8.12. The molecule has 1 N–H and O–H groups in total. The monoisotopic (exact) mass is 500 g/mol. The summed E-state index contributed by atoms with van der Waals surface area (Å²) in [6, 6.07) is 7.48. The zero-order chi connectivity index (χ0) is 23.0. The molecular weight excluding hydrogens is 481 g/mol. The van der Waals surface area contributed by atoms with Gasteiger partial charge in [0.15, 0.2) is 0 Å². The van der Waals surface area contributed by atoms with Crippen molar-refractivity contribution in [2.45, 2.75) is 30.7 Å². The largest absolute Gasteiger partial charge is 0.416 e. The van der Waals surface area contributed by atoms with E-state index in [-0.39, 0.29) is 24.4 Å². The van der Waals surface area contributed by atoms with Gasteiger partial charge >= 0.3 is 12.4 Å². The molecule has 3 nitrogen and oxygen atoms in total. The van der Waals surface area contributed by atoms with Crippen LogP contribution in [-0.4, -0.2) is 37.0 Å². The van der Waals surface area contributed by atoms with E-state index in [0.717, 1.165) is 5.56 Å². The Bertz CT molecular complexity index is 932. The summed E-state index contributed by atoms with van der Waals surface area (Å²) < 4.78 is 79.0. The van der Waals surface area contributed by atoms with Gasteiger partial charge in [0, 0.05) is 36.1 Å². The molecule has 3 rings (SSSR count). The number of piperidine rings is 1. The van der Waals surface area contributed by atoms with E-state index in [1.54, 1.807) is 18.2 Å². The molecule has 0 bridgehead atoms. The fourth-order valence-corrected chi connectivity index (χ4v) is 4.02. The SMILES string of the molecule is CN(C(=O)c1cc(C(F)(F)F)cc(C(F)(F)F)c1)[C@@H]1CCNC[C@H]1c1cccc(Cl)c1.Cl. The number of carbonyl (C=O) groups excluding carboxylic acids is 1. The molecule has 0 spiro atoms. The molecule has 1 fully saturated rings. The van der Waals surface area contributed by atoms with E-state index in [2.05, 4.69) is 5.32 Å². The van der Waals surface area contributed by atoms with E-state index in [4.69, 9.17) is 11.6 Å². The normalized spacial score (nSPS) is 19.2. The summed E-state index contributed by atoms with van der Waals surface area (Å²) >= 11 is 6.06. The molecule has 176 valence electrons.